The third-order valence-electron chi connectivity index (χ3n) is 2.81. The summed E-state index contributed by atoms with van der Waals surface area (Å²) in [4.78, 5) is 15.1. The molecule has 0 spiro atoms. The first-order valence-electron chi connectivity index (χ1n) is 6.06. The summed E-state index contributed by atoms with van der Waals surface area (Å²) in [5, 5.41) is 3.20. The molecule has 6 nitrogen and oxygen atoms in total. The van der Waals surface area contributed by atoms with Crippen molar-refractivity contribution in [3.63, 3.8) is 0 Å². The van der Waals surface area contributed by atoms with Crippen molar-refractivity contribution >= 4 is 17.3 Å². The van der Waals surface area contributed by atoms with Crippen LogP contribution in [0.4, 0.5) is 11.4 Å². The Bertz CT molecular complexity index is 550. The lowest BCUT2D eigenvalue weighted by Gasteiger charge is -2.10. The van der Waals surface area contributed by atoms with Crippen LogP contribution in [-0.2, 0) is 6.54 Å². The Morgan fingerprint density at radius 2 is 2.26 bits per heavy atom. The molecule has 100 valence electrons. The summed E-state index contributed by atoms with van der Waals surface area (Å²) in [5.74, 6) is -0.457. The number of anilines is 2. The number of nitrogens with zero attached hydrogens (tertiary/aromatic N) is 2. The molecular formula is C13H17N5O. The van der Waals surface area contributed by atoms with Crippen LogP contribution in [0.1, 0.15) is 16.8 Å². The molecule has 0 saturated carbocycles. The van der Waals surface area contributed by atoms with Gasteiger partial charge in [0.2, 0.25) is 5.91 Å². The van der Waals surface area contributed by atoms with Gasteiger partial charge in [-0.15, -0.1) is 0 Å². The third kappa shape index (κ3) is 3.48. The molecule has 0 aliphatic rings. The lowest BCUT2D eigenvalue weighted by Crippen LogP contribution is -2.13. The molecule has 0 bridgehead atoms. The van der Waals surface area contributed by atoms with Gasteiger partial charge in [-0.2, -0.15) is 0 Å². The van der Waals surface area contributed by atoms with Gasteiger partial charge < -0.3 is 21.4 Å². The Morgan fingerprint density at radius 3 is 2.95 bits per heavy atom. The maximum Gasteiger partial charge on any atom is 0.248 e. The number of rotatable bonds is 6. The number of amides is 1. The molecule has 0 unspecified atom stereocenters. The second-order valence-corrected chi connectivity index (χ2v) is 4.25. The number of hydrogen-bond donors (Lipinski definition) is 3. The Morgan fingerprint density at radius 1 is 1.42 bits per heavy atom. The van der Waals surface area contributed by atoms with Gasteiger partial charge in [0.15, 0.2) is 0 Å². The topological polar surface area (TPSA) is 99.0 Å². The minimum Gasteiger partial charge on any atom is -0.397 e. The van der Waals surface area contributed by atoms with Crippen molar-refractivity contribution in [1.29, 1.82) is 0 Å². The Balaban J connectivity index is 1.88. The predicted octanol–water partition coefficient (Wildman–Crippen LogP) is 1.07. The molecule has 1 amide bonds. The average molecular weight is 259 g/mol. The maximum atomic E-state index is 11.1. The molecule has 0 aliphatic heterocycles. The summed E-state index contributed by atoms with van der Waals surface area (Å²) in [6.45, 7) is 1.63. The summed E-state index contributed by atoms with van der Waals surface area (Å²) in [6.07, 6.45) is 6.38. The molecule has 0 aliphatic carbocycles. The maximum absolute atomic E-state index is 11.1. The fourth-order valence-corrected chi connectivity index (χ4v) is 1.77. The second-order valence-electron chi connectivity index (χ2n) is 4.25. The molecule has 1 aromatic carbocycles. The second kappa shape index (κ2) is 5.90. The number of nitrogen functional groups attached to an aromatic ring is 1. The van der Waals surface area contributed by atoms with Crippen LogP contribution in [0.5, 0.6) is 0 Å². The fourth-order valence-electron chi connectivity index (χ4n) is 1.77. The Labute approximate surface area is 111 Å². The molecule has 0 fully saturated rings. The number of imidazole rings is 1. The van der Waals surface area contributed by atoms with Crippen LogP contribution in [0.2, 0.25) is 0 Å². The van der Waals surface area contributed by atoms with Crippen molar-refractivity contribution in [2.45, 2.75) is 13.0 Å². The lowest BCUT2D eigenvalue weighted by atomic mass is 10.1. The van der Waals surface area contributed by atoms with E-state index in [1.165, 1.54) is 0 Å². The SMILES string of the molecule is NC(=O)c1ccc(N)c(NCCCn2ccnc2)c1. The average Bonchev–Trinajstić information content (AvgIpc) is 2.89. The van der Waals surface area contributed by atoms with E-state index >= 15 is 0 Å². The first kappa shape index (κ1) is 12.9. The van der Waals surface area contributed by atoms with E-state index in [0.29, 0.717) is 11.3 Å². The highest BCUT2D eigenvalue weighted by Gasteiger charge is 2.04. The third-order valence-corrected chi connectivity index (χ3v) is 2.81. The van der Waals surface area contributed by atoms with Crippen molar-refractivity contribution in [2.75, 3.05) is 17.6 Å². The monoisotopic (exact) mass is 259 g/mol. The minimum atomic E-state index is -0.457. The molecule has 0 radical (unpaired) electrons. The van der Waals surface area contributed by atoms with E-state index in [0.717, 1.165) is 25.2 Å². The van der Waals surface area contributed by atoms with Crippen LogP contribution in [0.15, 0.2) is 36.9 Å². The number of benzene rings is 1. The summed E-state index contributed by atoms with van der Waals surface area (Å²) >= 11 is 0. The number of carbonyl (C=O) groups excluding carboxylic acids is 1. The quantitative estimate of drug-likeness (QED) is 0.533. The minimum absolute atomic E-state index is 0.450. The van der Waals surface area contributed by atoms with E-state index in [1.54, 1.807) is 30.7 Å². The van der Waals surface area contributed by atoms with Crippen molar-refractivity contribution in [3.8, 4) is 0 Å². The van der Waals surface area contributed by atoms with Gasteiger partial charge in [0.05, 0.1) is 17.7 Å². The van der Waals surface area contributed by atoms with Crippen molar-refractivity contribution in [3.05, 3.63) is 42.5 Å². The summed E-state index contributed by atoms with van der Waals surface area (Å²) in [6, 6.07) is 4.97. The molecule has 0 saturated heterocycles. The van der Waals surface area contributed by atoms with Gasteiger partial charge in [0.25, 0.3) is 0 Å². The number of hydrogen-bond acceptors (Lipinski definition) is 4. The molecule has 0 atom stereocenters. The number of nitrogens with one attached hydrogen (secondary N) is 1. The van der Waals surface area contributed by atoms with Crippen LogP contribution in [-0.4, -0.2) is 22.0 Å². The van der Waals surface area contributed by atoms with Crippen LogP contribution in [0, 0.1) is 0 Å². The van der Waals surface area contributed by atoms with E-state index in [1.807, 2.05) is 10.8 Å². The van der Waals surface area contributed by atoms with Gasteiger partial charge in [0, 0.05) is 31.0 Å². The molecule has 5 N–H and O–H groups in total. The van der Waals surface area contributed by atoms with Gasteiger partial charge in [-0.3, -0.25) is 4.79 Å². The molecule has 1 aromatic heterocycles. The van der Waals surface area contributed by atoms with Crippen molar-refractivity contribution in [1.82, 2.24) is 9.55 Å². The van der Waals surface area contributed by atoms with Gasteiger partial charge in [-0.05, 0) is 24.6 Å². The Hall–Kier alpha value is -2.50. The summed E-state index contributed by atoms with van der Waals surface area (Å²) < 4.78 is 2.00. The van der Waals surface area contributed by atoms with E-state index in [2.05, 4.69) is 10.3 Å². The molecule has 1 heterocycles. The van der Waals surface area contributed by atoms with E-state index < -0.39 is 5.91 Å². The molecule has 2 aromatic rings. The largest absolute Gasteiger partial charge is 0.397 e. The highest BCUT2D eigenvalue weighted by molar-refractivity contribution is 5.94. The summed E-state index contributed by atoms with van der Waals surface area (Å²) in [7, 11) is 0. The first-order valence-corrected chi connectivity index (χ1v) is 6.06. The normalized spacial score (nSPS) is 10.3. The van der Waals surface area contributed by atoms with Gasteiger partial charge in [0.1, 0.15) is 0 Å². The summed E-state index contributed by atoms with van der Waals surface area (Å²) in [5.41, 5.74) is 12.9. The molecule has 6 heteroatoms. The van der Waals surface area contributed by atoms with Gasteiger partial charge in [-0.1, -0.05) is 0 Å². The zero-order valence-electron chi connectivity index (χ0n) is 10.5. The van der Waals surface area contributed by atoms with E-state index in [-0.39, 0.29) is 0 Å². The molecule has 2 rings (SSSR count). The standard InChI is InChI=1S/C13H17N5O/c14-11-3-2-10(13(15)19)8-12(11)17-4-1-6-18-7-5-16-9-18/h2-3,5,7-9,17H,1,4,6,14H2,(H2,15,19). The highest BCUT2D eigenvalue weighted by Crippen LogP contribution is 2.19. The van der Waals surface area contributed by atoms with Crippen molar-refractivity contribution in [2.24, 2.45) is 5.73 Å². The number of nitrogens with two attached hydrogens (primary N) is 2. The van der Waals surface area contributed by atoms with Crippen LogP contribution < -0.4 is 16.8 Å². The van der Waals surface area contributed by atoms with E-state index in [9.17, 15) is 4.79 Å². The zero-order chi connectivity index (χ0) is 13.7. The Kier molecular flexibility index (Phi) is 4.02. The number of aromatic nitrogens is 2. The molecule has 19 heavy (non-hydrogen) atoms. The van der Waals surface area contributed by atoms with Crippen molar-refractivity contribution < 1.29 is 4.79 Å². The first-order chi connectivity index (χ1) is 9.16. The molecular weight excluding hydrogens is 242 g/mol. The van der Waals surface area contributed by atoms with Gasteiger partial charge >= 0.3 is 0 Å². The number of aryl methyl sites for hydroxylation is 1. The zero-order valence-corrected chi connectivity index (χ0v) is 10.5. The smallest absolute Gasteiger partial charge is 0.248 e. The number of primary amides is 1. The van der Waals surface area contributed by atoms with E-state index in [4.69, 9.17) is 11.5 Å². The number of carbonyl (C=O) groups is 1. The predicted molar refractivity (Wildman–Crippen MR) is 74.7 cm³/mol. The van der Waals surface area contributed by atoms with Crippen LogP contribution in [0.25, 0.3) is 0 Å². The van der Waals surface area contributed by atoms with Crippen LogP contribution >= 0.6 is 0 Å². The lowest BCUT2D eigenvalue weighted by molar-refractivity contribution is 0.100. The fraction of sp³-hybridized carbons (Fsp3) is 0.231. The van der Waals surface area contributed by atoms with Crippen LogP contribution in [0.3, 0.4) is 0 Å². The highest BCUT2D eigenvalue weighted by atomic mass is 16.1. The van der Waals surface area contributed by atoms with Gasteiger partial charge in [-0.25, -0.2) is 4.98 Å².